The van der Waals surface area contributed by atoms with E-state index in [1.54, 1.807) is 6.07 Å². The van der Waals surface area contributed by atoms with Gasteiger partial charge in [-0.2, -0.15) is 0 Å². The van der Waals surface area contributed by atoms with Crippen LogP contribution in [-0.4, -0.2) is 23.8 Å². The van der Waals surface area contributed by atoms with Gasteiger partial charge in [0.25, 0.3) is 0 Å². The van der Waals surface area contributed by atoms with E-state index in [1.807, 2.05) is 20.8 Å². The number of alkyl carbamates (subject to hydrolysis) is 1. The van der Waals surface area contributed by atoms with Crippen LogP contribution in [0.15, 0.2) is 22.7 Å². The molecule has 6 heteroatoms. The molecular formula is C15H20BrFN2O2. The summed E-state index contributed by atoms with van der Waals surface area (Å²) >= 11 is 3.38. The molecule has 4 nitrogen and oxygen atoms in total. The van der Waals surface area contributed by atoms with Gasteiger partial charge in [0.2, 0.25) is 0 Å². The molecule has 116 valence electrons. The standard InChI is InChI=1S/C15H20BrFN2O2/c1-15(2,3)21-14(20)19-11-7-10(8-11)18-13-6-9(17)4-5-12(13)16/h4-6,10-11,18H,7-8H2,1-3H3,(H,19,20). The Kier molecular flexibility index (Phi) is 4.76. The average molecular weight is 359 g/mol. The molecule has 0 unspecified atom stereocenters. The third-order valence-corrected chi connectivity index (χ3v) is 3.84. The summed E-state index contributed by atoms with van der Waals surface area (Å²) in [5.74, 6) is -0.275. The summed E-state index contributed by atoms with van der Waals surface area (Å²) in [6.07, 6.45) is 1.20. The van der Waals surface area contributed by atoms with Gasteiger partial charge < -0.3 is 15.4 Å². The molecule has 0 heterocycles. The van der Waals surface area contributed by atoms with Crippen LogP contribution in [-0.2, 0) is 4.74 Å². The molecule has 1 amide bonds. The zero-order valence-electron chi connectivity index (χ0n) is 12.4. The lowest BCUT2D eigenvalue weighted by Crippen LogP contribution is -2.50. The van der Waals surface area contributed by atoms with E-state index < -0.39 is 11.7 Å². The van der Waals surface area contributed by atoms with E-state index in [2.05, 4.69) is 26.6 Å². The van der Waals surface area contributed by atoms with Gasteiger partial charge in [0, 0.05) is 16.6 Å². The first-order valence-electron chi connectivity index (χ1n) is 6.94. The molecule has 0 aromatic heterocycles. The molecule has 0 spiro atoms. The zero-order chi connectivity index (χ0) is 15.6. The smallest absolute Gasteiger partial charge is 0.407 e. The van der Waals surface area contributed by atoms with Crippen molar-refractivity contribution in [1.29, 1.82) is 0 Å². The predicted molar refractivity (Wildman–Crippen MR) is 83.9 cm³/mol. The number of anilines is 1. The Balaban J connectivity index is 1.77. The number of hydrogen-bond donors (Lipinski definition) is 2. The van der Waals surface area contributed by atoms with Crippen molar-refractivity contribution in [3.05, 3.63) is 28.5 Å². The van der Waals surface area contributed by atoms with E-state index in [-0.39, 0.29) is 17.9 Å². The summed E-state index contributed by atoms with van der Waals surface area (Å²) in [6.45, 7) is 5.50. The maximum Gasteiger partial charge on any atom is 0.407 e. The first kappa shape index (κ1) is 16.1. The van der Waals surface area contributed by atoms with Crippen LogP contribution in [0.4, 0.5) is 14.9 Å². The van der Waals surface area contributed by atoms with Crippen molar-refractivity contribution in [2.75, 3.05) is 5.32 Å². The largest absolute Gasteiger partial charge is 0.444 e. The molecule has 2 rings (SSSR count). The third kappa shape index (κ3) is 4.88. The van der Waals surface area contributed by atoms with E-state index in [0.717, 1.165) is 23.0 Å². The molecule has 21 heavy (non-hydrogen) atoms. The van der Waals surface area contributed by atoms with Crippen LogP contribution in [0, 0.1) is 5.82 Å². The monoisotopic (exact) mass is 358 g/mol. The van der Waals surface area contributed by atoms with E-state index in [4.69, 9.17) is 4.74 Å². The lowest BCUT2D eigenvalue weighted by molar-refractivity contribution is 0.0475. The number of ether oxygens (including phenoxy) is 1. The predicted octanol–water partition coefficient (Wildman–Crippen LogP) is 4.06. The van der Waals surface area contributed by atoms with E-state index in [0.29, 0.717) is 0 Å². The van der Waals surface area contributed by atoms with Crippen LogP contribution < -0.4 is 10.6 Å². The summed E-state index contributed by atoms with van der Waals surface area (Å²) < 4.78 is 19.2. The fourth-order valence-corrected chi connectivity index (χ4v) is 2.52. The number of carbonyl (C=O) groups excluding carboxylic acids is 1. The summed E-state index contributed by atoms with van der Waals surface area (Å²) in [4.78, 5) is 11.6. The Morgan fingerprint density at radius 1 is 1.33 bits per heavy atom. The quantitative estimate of drug-likeness (QED) is 0.856. The highest BCUT2D eigenvalue weighted by Gasteiger charge is 2.31. The normalized spacial score (nSPS) is 21.4. The number of carbonyl (C=O) groups is 1. The number of benzene rings is 1. The lowest BCUT2D eigenvalue weighted by atomic mass is 9.86. The van der Waals surface area contributed by atoms with E-state index >= 15 is 0 Å². The van der Waals surface area contributed by atoms with Crippen molar-refractivity contribution in [2.45, 2.75) is 51.3 Å². The average Bonchev–Trinajstić information content (AvgIpc) is 2.28. The van der Waals surface area contributed by atoms with Gasteiger partial charge in [0.1, 0.15) is 11.4 Å². The molecule has 0 radical (unpaired) electrons. The summed E-state index contributed by atoms with van der Waals surface area (Å²) in [6, 6.07) is 4.86. The molecule has 1 saturated carbocycles. The van der Waals surface area contributed by atoms with Crippen LogP contribution >= 0.6 is 15.9 Å². The molecule has 0 atom stereocenters. The fourth-order valence-electron chi connectivity index (χ4n) is 2.16. The number of amides is 1. The maximum atomic E-state index is 13.2. The molecule has 0 aliphatic heterocycles. The van der Waals surface area contributed by atoms with Crippen LogP contribution in [0.3, 0.4) is 0 Å². The Bertz CT molecular complexity index is 525. The molecule has 0 bridgehead atoms. The van der Waals surface area contributed by atoms with Gasteiger partial charge in [-0.1, -0.05) is 0 Å². The number of nitrogens with one attached hydrogen (secondary N) is 2. The third-order valence-electron chi connectivity index (χ3n) is 3.15. The van der Waals surface area contributed by atoms with Gasteiger partial charge in [-0.3, -0.25) is 0 Å². The highest BCUT2D eigenvalue weighted by Crippen LogP contribution is 2.29. The van der Waals surface area contributed by atoms with Crippen molar-refractivity contribution in [1.82, 2.24) is 5.32 Å². The van der Waals surface area contributed by atoms with Gasteiger partial charge >= 0.3 is 6.09 Å². The Morgan fingerprint density at radius 3 is 2.62 bits per heavy atom. The minimum Gasteiger partial charge on any atom is -0.444 e. The number of rotatable bonds is 3. The molecule has 1 aliphatic carbocycles. The van der Waals surface area contributed by atoms with Gasteiger partial charge in [-0.15, -0.1) is 0 Å². The van der Waals surface area contributed by atoms with Crippen molar-refractivity contribution >= 4 is 27.7 Å². The lowest BCUT2D eigenvalue weighted by Gasteiger charge is -2.37. The molecular weight excluding hydrogens is 339 g/mol. The second kappa shape index (κ2) is 6.22. The van der Waals surface area contributed by atoms with E-state index in [9.17, 15) is 9.18 Å². The van der Waals surface area contributed by atoms with Gasteiger partial charge in [0.15, 0.2) is 0 Å². The minimum atomic E-state index is -0.488. The Morgan fingerprint density at radius 2 is 2.00 bits per heavy atom. The fraction of sp³-hybridized carbons (Fsp3) is 0.533. The molecule has 2 N–H and O–H groups in total. The van der Waals surface area contributed by atoms with E-state index in [1.165, 1.54) is 12.1 Å². The summed E-state index contributed by atoms with van der Waals surface area (Å²) in [7, 11) is 0. The second-order valence-corrected chi connectivity index (χ2v) is 7.13. The first-order valence-corrected chi connectivity index (χ1v) is 7.73. The number of halogens is 2. The second-order valence-electron chi connectivity index (χ2n) is 6.28. The zero-order valence-corrected chi connectivity index (χ0v) is 14.0. The van der Waals surface area contributed by atoms with Crippen molar-refractivity contribution in [2.24, 2.45) is 0 Å². The number of hydrogen-bond acceptors (Lipinski definition) is 3. The Labute approximate surface area is 132 Å². The first-order chi connectivity index (χ1) is 9.73. The van der Waals surface area contributed by atoms with Crippen molar-refractivity contribution < 1.29 is 13.9 Å². The molecule has 0 saturated heterocycles. The van der Waals surface area contributed by atoms with Crippen LogP contribution in [0.1, 0.15) is 33.6 Å². The topological polar surface area (TPSA) is 50.4 Å². The van der Waals surface area contributed by atoms with Crippen LogP contribution in [0.25, 0.3) is 0 Å². The SMILES string of the molecule is CC(C)(C)OC(=O)NC1CC(Nc2cc(F)ccc2Br)C1. The highest BCUT2D eigenvalue weighted by molar-refractivity contribution is 9.10. The van der Waals surface area contributed by atoms with Crippen LogP contribution in [0.5, 0.6) is 0 Å². The molecule has 1 aromatic rings. The van der Waals surface area contributed by atoms with Crippen molar-refractivity contribution in [3.63, 3.8) is 0 Å². The highest BCUT2D eigenvalue weighted by atomic mass is 79.9. The maximum absolute atomic E-state index is 13.2. The van der Waals surface area contributed by atoms with Gasteiger partial charge in [-0.25, -0.2) is 9.18 Å². The summed E-state index contributed by atoms with van der Waals surface area (Å²) in [5, 5.41) is 6.09. The Hall–Kier alpha value is -1.30. The van der Waals surface area contributed by atoms with Crippen LogP contribution in [0.2, 0.25) is 0 Å². The molecule has 1 aliphatic rings. The minimum absolute atomic E-state index is 0.102. The van der Waals surface area contributed by atoms with Crippen molar-refractivity contribution in [3.8, 4) is 0 Å². The van der Waals surface area contributed by atoms with Gasteiger partial charge in [0.05, 0.1) is 5.69 Å². The molecule has 1 fully saturated rings. The summed E-state index contributed by atoms with van der Waals surface area (Å²) in [5.41, 5.74) is 0.244. The molecule has 1 aromatic carbocycles. The van der Waals surface area contributed by atoms with Gasteiger partial charge in [-0.05, 0) is 67.7 Å².